The first-order valence-electron chi connectivity index (χ1n) is 6.19. The van der Waals surface area contributed by atoms with Crippen LogP contribution in [0, 0.1) is 5.92 Å². The number of nitrogens with zero attached hydrogens (tertiary/aromatic N) is 1. The molecule has 17 heavy (non-hydrogen) atoms. The minimum Gasteiger partial charge on any atom is -0.468 e. The summed E-state index contributed by atoms with van der Waals surface area (Å²) in [7, 11) is 3.23. The molecule has 2 unspecified atom stereocenters. The van der Waals surface area contributed by atoms with E-state index < -0.39 is 0 Å². The first-order chi connectivity index (χ1) is 8.11. The summed E-state index contributed by atoms with van der Waals surface area (Å²) in [4.78, 5) is 24.7. The Morgan fingerprint density at radius 1 is 1.47 bits per heavy atom. The van der Waals surface area contributed by atoms with Gasteiger partial charge in [-0.2, -0.15) is 0 Å². The molecule has 1 heterocycles. The third kappa shape index (κ3) is 2.97. The van der Waals surface area contributed by atoms with Crippen LogP contribution in [0.15, 0.2) is 0 Å². The number of likely N-dealkylation sites (tertiary alicyclic amines) is 1. The van der Waals surface area contributed by atoms with Crippen molar-refractivity contribution in [3.63, 3.8) is 0 Å². The number of nitrogens with one attached hydrogen (secondary N) is 1. The van der Waals surface area contributed by atoms with Crippen molar-refractivity contribution < 1.29 is 14.3 Å². The SMILES string of the molecule is COC(=O)C(NC1CCC(=O)N(C)C1)C1CC1. The van der Waals surface area contributed by atoms with E-state index in [9.17, 15) is 9.59 Å². The molecule has 1 aliphatic carbocycles. The van der Waals surface area contributed by atoms with Crippen molar-refractivity contribution in [2.75, 3.05) is 20.7 Å². The van der Waals surface area contributed by atoms with Gasteiger partial charge in [0.1, 0.15) is 6.04 Å². The smallest absolute Gasteiger partial charge is 0.323 e. The van der Waals surface area contributed by atoms with Gasteiger partial charge in [0.05, 0.1) is 7.11 Å². The highest BCUT2D eigenvalue weighted by molar-refractivity contribution is 5.77. The lowest BCUT2D eigenvalue weighted by Gasteiger charge is -2.32. The zero-order valence-corrected chi connectivity index (χ0v) is 10.4. The molecule has 2 aliphatic rings. The highest BCUT2D eigenvalue weighted by Gasteiger charge is 2.38. The molecule has 2 rings (SSSR count). The molecule has 5 nitrogen and oxygen atoms in total. The average molecular weight is 240 g/mol. The number of hydrogen-bond acceptors (Lipinski definition) is 4. The molecule has 0 aromatic heterocycles. The lowest BCUT2D eigenvalue weighted by molar-refractivity contribution is -0.144. The second-order valence-corrected chi connectivity index (χ2v) is 5.01. The first kappa shape index (κ1) is 12.4. The van der Waals surface area contributed by atoms with Crippen molar-refractivity contribution in [3.05, 3.63) is 0 Å². The number of carbonyl (C=O) groups excluding carboxylic acids is 2. The summed E-state index contributed by atoms with van der Waals surface area (Å²) >= 11 is 0. The zero-order valence-electron chi connectivity index (χ0n) is 10.4. The number of hydrogen-bond donors (Lipinski definition) is 1. The minimum atomic E-state index is -0.188. The predicted octanol–water partition coefficient (Wildman–Crippen LogP) is 0.148. The number of amides is 1. The summed E-state index contributed by atoms with van der Waals surface area (Å²) in [5.74, 6) is 0.432. The Hall–Kier alpha value is -1.10. The van der Waals surface area contributed by atoms with Gasteiger partial charge >= 0.3 is 5.97 Å². The van der Waals surface area contributed by atoms with Gasteiger partial charge in [0, 0.05) is 26.1 Å². The van der Waals surface area contributed by atoms with Crippen LogP contribution in [0.25, 0.3) is 0 Å². The van der Waals surface area contributed by atoms with E-state index in [1.165, 1.54) is 7.11 Å². The third-order valence-corrected chi connectivity index (χ3v) is 3.59. The number of ether oxygens (including phenoxy) is 1. The molecule has 0 spiro atoms. The Bertz CT molecular complexity index is 315. The lowest BCUT2D eigenvalue weighted by Crippen LogP contribution is -2.52. The molecule has 96 valence electrons. The zero-order chi connectivity index (χ0) is 12.4. The van der Waals surface area contributed by atoms with Crippen molar-refractivity contribution in [2.45, 2.75) is 37.8 Å². The molecule has 0 aromatic rings. The second-order valence-electron chi connectivity index (χ2n) is 5.01. The maximum Gasteiger partial charge on any atom is 0.323 e. The van der Waals surface area contributed by atoms with E-state index in [0.29, 0.717) is 18.9 Å². The fourth-order valence-electron chi connectivity index (χ4n) is 2.36. The number of piperidine rings is 1. The molecule has 0 bridgehead atoms. The molecule has 1 amide bonds. The van der Waals surface area contributed by atoms with Gasteiger partial charge in [0.15, 0.2) is 0 Å². The molecule has 0 aromatic carbocycles. The Labute approximate surface area is 101 Å². The van der Waals surface area contributed by atoms with Crippen LogP contribution in [-0.2, 0) is 14.3 Å². The number of likely N-dealkylation sites (N-methyl/N-ethyl adjacent to an activating group) is 1. The van der Waals surface area contributed by atoms with Crippen molar-refractivity contribution in [3.8, 4) is 0 Å². The minimum absolute atomic E-state index is 0.174. The summed E-state index contributed by atoms with van der Waals surface area (Å²) in [6, 6.07) is 0.0222. The van der Waals surface area contributed by atoms with Crippen LogP contribution in [0.2, 0.25) is 0 Å². The van der Waals surface area contributed by atoms with Crippen molar-refractivity contribution in [2.24, 2.45) is 5.92 Å². The van der Waals surface area contributed by atoms with Crippen LogP contribution < -0.4 is 5.32 Å². The summed E-state index contributed by atoms with van der Waals surface area (Å²) in [5, 5.41) is 3.35. The topological polar surface area (TPSA) is 58.6 Å². The van der Waals surface area contributed by atoms with Crippen molar-refractivity contribution in [1.82, 2.24) is 10.2 Å². The van der Waals surface area contributed by atoms with Gasteiger partial charge in [-0.15, -0.1) is 0 Å². The van der Waals surface area contributed by atoms with Gasteiger partial charge in [0.2, 0.25) is 5.91 Å². The number of rotatable bonds is 4. The summed E-state index contributed by atoms with van der Waals surface area (Å²) in [6.45, 7) is 0.680. The van der Waals surface area contributed by atoms with Crippen LogP contribution >= 0.6 is 0 Å². The van der Waals surface area contributed by atoms with Crippen molar-refractivity contribution >= 4 is 11.9 Å². The molecule has 1 saturated heterocycles. The van der Waals surface area contributed by atoms with E-state index in [2.05, 4.69) is 5.32 Å². The highest BCUT2D eigenvalue weighted by atomic mass is 16.5. The Morgan fingerprint density at radius 2 is 2.18 bits per heavy atom. The number of methoxy groups -OCH3 is 1. The Balaban J connectivity index is 1.89. The number of esters is 1. The molecule has 2 fully saturated rings. The molecule has 0 radical (unpaired) electrons. The van der Waals surface area contributed by atoms with Gasteiger partial charge in [-0.25, -0.2) is 0 Å². The van der Waals surface area contributed by atoms with Crippen LogP contribution in [-0.4, -0.2) is 49.6 Å². The first-order valence-corrected chi connectivity index (χ1v) is 6.19. The largest absolute Gasteiger partial charge is 0.468 e. The molecule has 2 atom stereocenters. The van der Waals surface area contributed by atoms with Crippen LogP contribution in [0.4, 0.5) is 0 Å². The molecular formula is C12H20N2O3. The highest BCUT2D eigenvalue weighted by Crippen LogP contribution is 2.33. The maximum absolute atomic E-state index is 11.6. The van der Waals surface area contributed by atoms with E-state index in [0.717, 1.165) is 19.3 Å². The third-order valence-electron chi connectivity index (χ3n) is 3.59. The average Bonchev–Trinajstić information content (AvgIpc) is 3.13. The summed E-state index contributed by atoms with van der Waals surface area (Å²) in [5.41, 5.74) is 0. The van der Waals surface area contributed by atoms with Crippen molar-refractivity contribution in [1.29, 1.82) is 0 Å². The van der Waals surface area contributed by atoms with Gasteiger partial charge in [-0.05, 0) is 25.2 Å². The van der Waals surface area contributed by atoms with Crippen LogP contribution in [0.1, 0.15) is 25.7 Å². The molecule has 1 N–H and O–H groups in total. The van der Waals surface area contributed by atoms with Gasteiger partial charge < -0.3 is 9.64 Å². The molecular weight excluding hydrogens is 220 g/mol. The van der Waals surface area contributed by atoms with E-state index in [1.807, 2.05) is 0 Å². The van der Waals surface area contributed by atoms with E-state index in [-0.39, 0.29) is 24.0 Å². The quantitative estimate of drug-likeness (QED) is 0.711. The Kier molecular flexibility index (Phi) is 3.66. The van der Waals surface area contributed by atoms with E-state index in [1.54, 1.807) is 11.9 Å². The fourth-order valence-corrected chi connectivity index (χ4v) is 2.36. The molecule has 5 heteroatoms. The predicted molar refractivity (Wildman–Crippen MR) is 62.3 cm³/mol. The van der Waals surface area contributed by atoms with Gasteiger partial charge in [-0.3, -0.25) is 14.9 Å². The standard InChI is InChI=1S/C12H20N2O3/c1-14-7-9(5-6-10(14)15)13-11(8-3-4-8)12(16)17-2/h8-9,11,13H,3-7H2,1-2H3. The van der Waals surface area contributed by atoms with Crippen LogP contribution in [0.5, 0.6) is 0 Å². The van der Waals surface area contributed by atoms with E-state index in [4.69, 9.17) is 4.74 Å². The molecule has 1 aliphatic heterocycles. The van der Waals surface area contributed by atoms with Gasteiger partial charge in [0.25, 0.3) is 0 Å². The second kappa shape index (κ2) is 5.04. The Morgan fingerprint density at radius 3 is 2.71 bits per heavy atom. The van der Waals surface area contributed by atoms with E-state index >= 15 is 0 Å². The monoisotopic (exact) mass is 240 g/mol. The molecule has 1 saturated carbocycles. The van der Waals surface area contributed by atoms with Crippen LogP contribution in [0.3, 0.4) is 0 Å². The maximum atomic E-state index is 11.6. The summed E-state index contributed by atoms with van der Waals surface area (Å²) < 4.78 is 4.82. The normalized spacial score (nSPS) is 26.8. The summed E-state index contributed by atoms with van der Waals surface area (Å²) in [6.07, 6.45) is 3.55. The number of carbonyl (C=O) groups is 2. The fraction of sp³-hybridized carbons (Fsp3) is 0.833. The van der Waals surface area contributed by atoms with Gasteiger partial charge in [-0.1, -0.05) is 0 Å². The lowest BCUT2D eigenvalue weighted by atomic mass is 10.0.